The summed E-state index contributed by atoms with van der Waals surface area (Å²) in [6, 6.07) is 0. The van der Waals surface area contributed by atoms with Gasteiger partial charge >= 0.3 is 0 Å². The van der Waals surface area contributed by atoms with E-state index in [0.717, 1.165) is 17.8 Å². The van der Waals surface area contributed by atoms with Crippen LogP contribution < -0.4 is 0 Å². The minimum atomic E-state index is 0.926. The number of H-pyrrole nitrogens is 1. The van der Waals surface area contributed by atoms with Gasteiger partial charge < -0.3 is 4.98 Å². The van der Waals surface area contributed by atoms with E-state index in [9.17, 15) is 0 Å². The van der Waals surface area contributed by atoms with Gasteiger partial charge in [0.1, 0.15) is 5.69 Å². The van der Waals surface area contributed by atoms with Gasteiger partial charge in [0.15, 0.2) is 0 Å². The van der Waals surface area contributed by atoms with Gasteiger partial charge in [0.05, 0.1) is 12.5 Å². The molecule has 1 aromatic rings. The Morgan fingerprint density at radius 1 is 1.55 bits per heavy atom. The van der Waals surface area contributed by atoms with Gasteiger partial charge in [-0.2, -0.15) is 0 Å². The number of rotatable bonds is 0. The maximum absolute atomic E-state index is 4.11. The summed E-state index contributed by atoms with van der Waals surface area (Å²) < 4.78 is 0. The molecule has 2 rings (SSSR count). The molecular formula is C8H9N3. The fraction of sp³-hybridized carbons (Fsp3) is 0.250. The number of hydrogen-bond donors (Lipinski definition) is 1. The van der Waals surface area contributed by atoms with Gasteiger partial charge in [-0.25, -0.2) is 4.98 Å². The summed E-state index contributed by atoms with van der Waals surface area (Å²) >= 11 is 0. The number of allylic oxidation sites excluding steroid dienone is 1. The van der Waals surface area contributed by atoms with Gasteiger partial charge in [-0.15, -0.1) is 0 Å². The van der Waals surface area contributed by atoms with Crippen LogP contribution in [0.3, 0.4) is 0 Å². The maximum Gasteiger partial charge on any atom is 0.103 e. The molecule has 0 spiro atoms. The van der Waals surface area contributed by atoms with Crippen molar-refractivity contribution >= 4 is 6.21 Å². The molecule has 0 aromatic carbocycles. The molecule has 3 nitrogen and oxygen atoms in total. The van der Waals surface area contributed by atoms with Crippen LogP contribution in [0.1, 0.15) is 18.3 Å². The second-order valence-electron chi connectivity index (χ2n) is 2.70. The second-order valence-corrected chi connectivity index (χ2v) is 2.70. The van der Waals surface area contributed by atoms with Crippen molar-refractivity contribution < 1.29 is 0 Å². The van der Waals surface area contributed by atoms with Gasteiger partial charge in [0.25, 0.3) is 0 Å². The highest BCUT2D eigenvalue weighted by molar-refractivity contribution is 5.79. The van der Waals surface area contributed by atoms with E-state index in [1.54, 1.807) is 12.5 Å². The summed E-state index contributed by atoms with van der Waals surface area (Å²) in [5.41, 5.74) is 3.36. The molecule has 1 aliphatic heterocycles. The number of aromatic amines is 1. The molecular weight excluding hydrogens is 138 g/mol. The molecule has 0 aliphatic carbocycles. The summed E-state index contributed by atoms with van der Waals surface area (Å²) in [4.78, 5) is 11.3. The molecule has 1 aliphatic rings. The molecule has 56 valence electrons. The zero-order valence-electron chi connectivity index (χ0n) is 6.33. The van der Waals surface area contributed by atoms with E-state index < -0.39 is 0 Å². The summed E-state index contributed by atoms with van der Waals surface area (Å²) in [7, 11) is 0. The first-order valence-corrected chi connectivity index (χ1v) is 3.57. The Balaban J connectivity index is 2.47. The molecule has 0 atom stereocenters. The smallest absolute Gasteiger partial charge is 0.103 e. The predicted molar refractivity (Wildman–Crippen MR) is 43.6 cm³/mol. The highest BCUT2D eigenvalue weighted by Gasteiger charge is 2.05. The van der Waals surface area contributed by atoms with Gasteiger partial charge in [0, 0.05) is 18.3 Å². The van der Waals surface area contributed by atoms with Crippen LogP contribution in [0.2, 0.25) is 0 Å². The third kappa shape index (κ3) is 1.09. The van der Waals surface area contributed by atoms with E-state index in [4.69, 9.17) is 0 Å². The molecule has 0 radical (unpaired) electrons. The van der Waals surface area contributed by atoms with Gasteiger partial charge in [-0.1, -0.05) is 0 Å². The number of hydrogen-bond acceptors (Lipinski definition) is 2. The molecule has 0 saturated carbocycles. The predicted octanol–water partition coefficient (Wildman–Crippen LogP) is 1.29. The largest absolute Gasteiger partial charge is 0.348 e. The van der Waals surface area contributed by atoms with Gasteiger partial charge in [0.2, 0.25) is 0 Å². The van der Waals surface area contributed by atoms with E-state index in [1.165, 1.54) is 5.57 Å². The average Bonchev–Trinajstić information content (AvgIpc) is 2.31. The molecule has 0 saturated heterocycles. The lowest BCUT2D eigenvalue weighted by atomic mass is 10.2. The van der Waals surface area contributed by atoms with Crippen LogP contribution in [-0.2, 0) is 6.42 Å². The van der Waals surface area contributed by atoms with E-state index in [1.807, 2.05) is 6.20 Å². The SMILES string of the molecule is CC1=CN=Cc2nc[nH]c2C1. The van der Waals surface area contributed by atoms with E-state index in [2.05, 4.69) is 21.9 Å². The summed E-state index contributed by atoms with van der Waals surface area (Å²) in [6.45, 7) is 2.06. The monoisotopic (exact) mass is 147 g/mol. The van der Waals surface area contributed by atoms with Crippen LogP contribution in [-0.4, -0.2) is 16.2 Å². The zero-order chi connectivity index (χ0) is 7.68. The normalized spacial score (nSPS) is 15.5. The number of aliphatic imine (C=N–C) groups is 1. The Labute approximate surface area is 64.9 Å². The average molecular weight is 147 g/mol. The third-order valence-corrected chi connectivity index (χ3v) is 1.70. The fourth-order valence-corrected chi connectivity index (χ4v) is 1.14. The lowest BCUT2D eigenvalue weighted by molar-refractivity contribution is 1.07. The van der Waals surface area contributed by atoms with Crippen LogP contribution in [0.5, 0.6) is 0 Å². The number of nitrogens with one attached hydrogen (secondary N) is 1. The minimum Gasteiger partial charge on any atom is -0.348 e. The Kier molecular flexibility index (Phi) is 1.35. The van der Waals surface area contributed by atoms with Crippen molar-refractivity contribution in [2.75, 3.05) is 0 Å². The third-order valence-electron chi connectivity index (χ3n) is 1.70. The quantitative estimate of drug-likeness (QED) is 0.590. The summed E-state index contributed by atoms with van der Waals surface area (Å²) in [5, 5.41) is 0. The van der Waals surface area contributed by atoms with Crippen molar-refractivity contribution in [2.24, 2.45) is 4.99 Å². The van der Waals surface area contributed by atoms with Crippen LogP contribution in [0.25, 0.3) is 0 Å². The minimum absolute atomic E-state index is 0.926. The number of imidazole rings is 1. The summed E-state index contributed by atoms with van der Waals surface area (Å²) in [5.74, 6) is 0. The van der Waals surface area contributed by atoms with Gasteiger partial charge in [-0.3, -0.25) is 4.99 Å². The molecule has 1 aromatic heterocycles. The first-order valence-electron chi connectivity index (χ1n) is 3.57. The fourth-order valence-electron chi connectivity index (χ4n) is 1.14. The Bertz CT molecular complexity index is 320. The van der Waals surface area contributed by atoms with Crippen LogP contribution >= 0.6 is 0 Å². The van der Waals surface area contributed by atoms with Crippen molar-refractivity contribution in [2.45, 2.75) is 13.3 Å². The maximum atomic E-state index is 4.11. The van der Waals surface area contributed by atoms with Crippen LogP contribution in [0.4, 0.5) is 0 Å². The molecule has 11 heavy (non-hydrogen) atoms. The van der Waals surface area contributed by atoms with E-state index >= 15 is 0 Å². The van der Waals surface area contributed by atoms with Crippen LogP contribution in [0, 0.1) is 0 Å². The number of nitrogens with zero attached hydrogens (tertiary/aromatic N) is 2. The summed E-state index contributed by atoms with van der Waals surface area (Å²) in [6.07, 6.45) is 6.28. The molecule has 1 N–H and O–H groups in total. The van der Waals surface area contributed by atoms with Crippen molar-refractivity contribution in [3.63, 3.8) is 0 Å². The second kappa shape index (κ2) is 2.34. The Morgan fingerprint density at radius 2 is 2.45 bits per heavy atom. The molecule has 2 heterocycles. The lowest BCUT2D eigenvalue weighted by Crippen LogP contribution is -1.90. The molecule has 3 heteroatoms. The molecule has 0 fully saturated rings. The van der Waals surface area contributed by atoms with Crippen molar-refractivity contribution in [3.05, 3.63) is 29.5 Å². The standard InChI is InChI=1S/C8H9N3/c1-6-2-7-8(4-9-3-6)11-5-10-7/h3-5H,2H2,1H3,(H,10,11). The molecule has 0 amide bonds. The first-order chi connectivity index (χ1) is 5.36. The molecule has 0 unspecified atom stereocenters. The topological polar surface area (TPSA) is 41.0 Å². The van der Waals surface area contributed by atoms with E-state index in [-0.39, 0.29) is 0 Å². The Hall–Kier alpha value is -1.38. The Morgan fingerprint density at radius 3 is 3.36 bits per heavy atom. The van der Waals surface area contributed by atoms with Crippen molar-refractivity contribution in [1.29, 1.82) is 0 Å². The van der Waals surface area contributed by atoms with Crippen molar-refractivity contribution in [3.8, 4) is 0 Å². The van der Waals surface area contributed by atoms with E-state index in [0.29, 0.717) is 0 Å². The lowest BCUT2D eigenvalue weighted by Gasteiger charge is -1.94. The number of fused-ring (bicyclic) bond motifs is 1. The van der Waals surface area contributed by atoms with Gasteiger partial charge in [-0.05, 0) is 12.5 Å². The van der Waals surface area contributed by atoms with Crippen LogP contribution in [0.15, 0.2) is 23.1 Å². The first kappa shape index (κ1) is 6.34. The highest BCUT2D eigenvalue weighted by Crippen LogP contribution is 2.10. The highest BCUT2D eigenvalue weighted by atomic mass is 14.9. The zero-order valence-corrected chi connectivity index (χ0v) is 6.33. The molecule has 0 bridgehead atoms. The number of aromatic nitrogens is 2. The van der Waals surface area contributed by atoms with Crippen molar-refractivity contribution in [1.82, 2.24) is 9.97 Å².